The van der Waals surface area contributed by atoms with Crippen molar-refractivity contribution in [3.63, 3.8) is 0 Å². The SMILES string of the molecule is COc1ccc(NC(=O)CSc2cc(N3CCOCC3)ncn2)cc1. The summed E-state index contributed by atoms with van der Waals surface area (Å²) in [5.41, 5.74) is 0.739. The fourth-order valence-corrected chi connectivity index (χ4v) is 3.05. The molecular weight excluding hydrogens is 340 g/mol. The third-order valence-electron chi connectivity index (χ3n) is 3.69. The molecule has 1 aliphatic heterocycles. The predicted octanol–water partition coefficient (Wildman–Crippen LogP) is 2.05. The molecule has 7 nitrogen and oxygen atoms in total. The lowest BCUT2D eigenvalue weighted by atomic mass is 10.3. The molecule has 1 aromatic carbocycles. The molecule has 0 atom stereocenters. The first-order valence-electron chi connectivity index (χ1n) is 7.96. The number of benzene rings is 1. The maximum Gasteiger partial charge on any atom is 0.234 e. The Morgan fingerprint density at radius 3 is 2.76 bits per heavy atom. The summed E-state index contributed by atoms with van der Waals surface area (Å²) in [5, 5.41) is 3.63. The summed E-state index contributed by atoms with van der Waals surface area (Å²) in [6.45, 7) is 3.05. The largest absolute Gasteiger partial charge is 0.497 e. The lowest BCUT2D eigenvalue weighted by Crippen LogP contribution is -2.36. The third kappa shape index (κ3) is 5.07. The number of carbonyl (C=O) groups is 1. The maximum atomic E-state index is 12.1. The molecule has 1 saturated heterocycles. The van der Waals surface area contributed by atoms with Gasteiger partial charge in [0, 0.05) is 24.8 Å². The van der Waals surface area contributed by atoms with Crippen molar-refractivity contribution in [1.29, 1.82) is 0 Å². The van der Waals surface area contributed by atoms with E-state index < -0.39 is 0 Å². The van der Waals surface area contributed by atoms with Crippen LogP contribution in [0.4, 0.5) is 11.5 Å². The first kappa shape index (κ1) is 17.5. The Bertz CT molecular complexity index is 705. The first-order chi connectivity index (χ1) is 12.2. The first-order valence-corrected chi connectivity index (χ1v) is 8.94. The van der Waals surface area contributed by atoms with Crippen molar-refractivity contribution < 1.29 is 14.3 Å². The second kappa shape index (κ2) is 8.68. The van der Waals surface area contributed by atoms with Gasteiger partial charge in [0.2, 0.25) is 5.91 Å². The number of hydrogen-bond acceptors (Lipinski definition) is 7. The number of aromatic nitrogens is 2. The zero-order valence-electron chi connectivity index (χ0n) is 14.0. The van der Waals surface area contributed by atoms with Gasteiger partial charge >= 0.3 is 0 Å². The van der Waals surface area contributed by atoms with Crippen LogP contribution in [-0.4, -0.2) is 55.0 Å². The van der Waals surface area contributed by atoms with Gasteiger partial charge in [-0.2, -0.15) is 0 Å². The van der Waals surface area contributed by atoms with Gasteiger partial charge in [0.05, 0.1) is 26.1 Å². The van der Waals surface area contributed by atoms with Crippen LogP contribution in [0, 0.1) is 0 Å². The summed E-state index contributed by atoms with van der Waals surface area (Å²) in [4.78, 5) is 22.8. The molecule has 1 aromatic heterocycles. The summed E-state index contributed by atoms with van der Waals surface area (Å²) < 4.78 is 10.4. The summed E-state index contributed by atoms with van der Waals surface area (Å²) in [7, 11) is 1.61. The van der Waals surface area contributed by atoms with Gasteiger partial charge in [0.25, 0.3) is 0 Å². The molecular formula is C17H20N4O3S. The van der Waals surface area contributed by atoms with Crippen LogP contribution in [0.2, 0.25) is 0 Å². The number of methoxy groups -OCH3 is 1. The minimum absolute atomic E-state index is 0.0818. The van der Waals surface area contributed by atoms with Crippen LogP contribution in [0.5, 0.6) is 5.75 Å². The van der Waals surface area contributed by atoms with Crippen molar-refractivity contribution in [2.45, 2.75) is 5.03 Å². The van der Waals surface area contributed by atoms with E-state index in [9.17, 15) is 4.79 Å². The molecule has 0 unspecified atom stereocenters. The topological polar surface area (TPSA) is 76.6 Å². The highest BCUT2D eigenvalue weighted by atomic mass is 32.2. The van der Waals surface area contributed by atoms with Crippen LogP contribution in [0.15, 0.2) is 41.7 Å². The maximum absolute atomic E-state index is 12.1. The van der Waals surface area contributed by atoms with Gasteiger partial charge in [-0.3, -0.25) is 4.79 Å². The Hall–Kier alpha value is -2.32. The van der Waals surface area contributed by atoms with E-state index in [4.69, 9.17) is 9.47 Å². The summed E-state index contributed by atoms with van der Waals surface area (Å²) in [6, 6.07) is 9.14. The normalized spacial score (nSPS) is 14.2. The second-order valence-electron chi connectivity index (χ2n) is 5.38. The number of anilines is 2. The molecule has 0 spiro atoms. The van der Waals surface area contributed by atoms with E-state index in [1.54, 1.807) is 7.11 Å². The summed E-state index contributed by atoms with van der Waals surface area (Å²) >= 11 is 1.39. The minimum atomic E-state index is -0.0818. The van der Waals surface area contributed by atoms with Gasteiger partial charge in [-0.1, -0.05) is 11.8 Å². The fraction of sp³-hybridized carbons (Fsp3) is 0.353. The predicted molar refractivity (Wildman–Crippen MR) is 97.4 cm³/mol. The summed E-state index contributed by atoms with van der Waals surface area (Å²) in [6.07, 6.45) is 1.54. The number of thioether (sulfide) groups is 1. The van der Waals surface area contributed by atoms with Crippen LogP contribution in [0.1, 0.15) is 0 Å². The van der Waals surface area contributed by atoms with Gasteiger partial charge in [0.15, 0.2) is 0 Å². The van der Waals surface area contributed by atoms with Crippen molar-refractivity contribution >= 4 is 29.2 Å². The minimum Gasteiger partial charge on any atom is -0.497 e. The lowest BCUT2D eigenvalue weighted by molar-refractivity contribution is -0.113. The zero-order valence-corrected chi connectivity index (χ0v) is 14.8. The van der Waals surface area contributed by atoms with E-state index >= 15 is 0 Å². The van der Waals surface area contributed by atoms with Crippen LogP contribution < -0.4 is 15.0 Å². The number of carbonyl (C=O) groups excluding carboxylic acids is 1. The molecule has 0 radical (unpaired) electrons. The van der Waals surface area contributed by atoms with Crippen LogP contribution in [0.25, 0.3) is 0 Å². The van der Waals surface area contributed by atoms with Gasteiger partial charge in [-0.05, 0) is 24.3 Å². The highest BCUT2D eigenvalue weighted by molar-refractivity contribution is 7.99. The third-order valence-corrected chi connectivity index (χ3v) is 4.61. The Morgan fingerprint density at radius 2 is 2.04 bits per heavy atom. The molecule has 0 bridgehead atoms. The van der Waals surface area contributed by atoms with Crippen LogP contribution in [0.3, 0.4) is 0 Å². The van der Waals surface area contributed by atoms with Crippen molar-refractivity contribution in [3.05, 3.63) is 36.7 Å². The highest BCUT2D eigenvalue weighted by Crippen LogP contribution is 2.21. The number of hydrogen-bond donors (Lipinski definition) is 1. The molecule has 1 aliphatic rings. The highest BCUT2D eigenvalue weighted by Gasteiger charge is 2.13. The molecule has 2 aromatic rings. The molecule has 1 N–H and O–H groups in total. The fourth-order valence-electron chi connectivity index (χ4n) is 2.39. The molecule has 1 fully saturated rings. The molecule has 25 heavy (non-hydrogen) atoms. The molecule has 132 valence electrons. The van der Waals surface area contributed by atoms with Crippen LogP contribution >= 0.6 is 11.8 Å². The molecule has 0 aliphatic carbocycles. The van der Waals surface area contributed by atoms with E-state index in [0.717, 1.165) is 35.4 Å². The molecule has 8 heteroatoms. The van der Waals surface area contributed by atoms with Gasteiger partial charge in [0.1, 0.15) is 22.9 Å². The summed E-state index contributed by atoms with van der Waals surface area (Å²) in [5.74, 6) is 1.83. The molecule has 1 amide bonds. The van der Waals surface area contributed by atoms with Gasteiger partial charge < -0.3 is 19.7 Å². The Labute approximate surface area is 150 Å². The van der Waals surface area contributed by atoms with Crippen LogP contribution in [-0.2, 0) is 9.53 Å². The number of rotatable bonds is 6. The van der Waals surface area contributed by atoms with Crippen molar-refractivity contribution in [2.24, 2.45) is 0 Å². The average molecular weight is 360 g/mol. The zero-order chi connectivity index (χ0) is 17.5. The van der Waals surface area contributed by atoms with Crippen molar-refractivity contribution in [1.82, 2.24) is 9.97 Å². The quantitative estimate of drug-likeness (QED) is 0.624. The number of ether oxygens (including phenoxy) is 2. The van der Waals surface area contributed by atoms with Gasteiger partial charge in [-0.25, -0.2) is 9.97 Å². The number of morpholine rings is 1. The standard InChI is InChI=1S/C17H20N4O3S/c1-23-14-4-2-13(3-5-14)20-16(22)11-25-17-10-15(18-12-19-17)21-6-8-24-9-7-21/h2-5,10,12H,6-9,11H2,1H3,(H,20,22). The van der Waals surface area contributed by atoms with Crippen molar-refractivity contribution in [3.8, 4) is 5.75 Å². The average Bonchev–Trinajstić information content (AvgIpc) is 2.68. The van der Waals surface area contributed by atoms with Crippen molar-refractivity contribution in [2.75, 3.05) is 49.4 Å². The smallest absolute Gasteiger partial charge is 0.234 e. The van der Waals surface area contributed by atoms with E-state index in [2.05, 4.69) is 20.2 Å². The number of amides is 1. The Kier molecular flexibility index (Phi) is 6.08. The Morgan fingerprint density at radius 1 is 1.28 bits per heavy atom. The van der Waals surface area contributed by atoms with E-state index in [0.29, 0.717) is 13.2 Å². The monoisotopic (exact) mass is 360 g/mol. The molecule has 0 saturated carbocycles. The van der Waals surface area contributed by atoms with E-state index in [1.807, 2.05) is 30.3 Å². The Balaban J connectivity index is 1.52. The number of nitrogens with zero attached hydrogens (tertiary/aromatic N) is 3. The second-order valence-corrected chi connectivity index (χ2v) is 6.37. The molecule has 2 heterocycles. The molecule has 3 rings (SSSR count). The number of nitrogens with one attached hydrogen (secondary N) is 1. The lowest BCUT2D eigenvalue weighted by Gasteiger charge is -2.27. The van der Waals surface area contributed by atoms with E-state index in [-0.39, 0.29) is 11.7 Å². The van der Waals surface area contributed by atoms with E-state index in [1.165, 1.54) is 18.1 Å². The van der Waals surface area contributed by atoms with Gasteiger partial charge in [-0.15, -0.1) is 0 Å².